The molecule has 1 aromatic heterocycles. The Balaban J connectivity index is 1.87. The summed E-state index contributed by atoms with van der Waals surface area (Å²) in [6, 6.07) is 3.55. The number of hydrogen-bond acceptors (Lipinski definition) is 2. The summed E-state index contributed by atoms with van der Waals surface area (Å²) in [4.78, 5) is 0. The number of halogens is 3. The van der Waals surface area contributed by atoms with Gasteiger partial charge < -0.3 is 5.11 Å². The van der Waals surface area contributed by atoms with Gasteiger partial charge in [0.2, 0.25) is 0 Å². The molecule has 1 saturated carbocycles. The summed E-state index contributed by atoms with van der Waals surface area (Å²) in [5.41, 5.74) is 1.65. The van der Waals surface area contributed by atoms with Crippen molar-refractivity contribution in [2.75, 3.05) is 0 Å². The molecular formula is C17H15F3N2O. The molecule has 6 heteroatoms. The van der Waals surface area contributed by atoms with Crippen molar-refractivity contribution in [1.82, 2.24) is 10.2 Å². The standard InChI is InChI=1S/C17H15F3N2O/c18-17(19,20)14-13-9-1-2-12-11(7-21-22-12)10(9)6-16(13)4-3-8(5-16)15(14)23/h1-2,7-8,15,23H,3-6H2,(H,21,22)/t8?,15-,16+/m1/s1. The third-order valence-electron chi connectivity index (χ3n) is 6.01. The molecule has 3 nitrogen and oxygen atoms in total. The molecule has 2 N–H and O–H groups in total. The zero-order chi connectivity index (χ0) is 16.0. The second kappa shape index (κ2) is 3.98. The zero-order valence-corrected chi connectivity index (χ0v) is 12.2. The van der Waals surface area contributed by atoms with Gasteiger partial charge in [-0.15, -0.1) is 0 Å². The van der Waals surface area contributed by atoms with Gasteiger partial charge in [0.25, 0.3) is 0 Å². The van der Waals surface area contributed by atoms with Gasteiger partial charge in [0.1, 0.15) is 0 Å². The number of nitrogens with zero attached hydrogens (tertiary/aromatic N) is 1. The normalized spacial score (nSPS) is 32.5. The van der Waals surface area contributed by atoms with E-state index in [0.717, 1.165) is 22.9 Å². The lowest BCUT2D eigenvalue weighted by Gasteiger charge is -2.36. The lowest BCUT2D eigenvalue weighted by molar-refractivity contribution is -0.111. The number of aromatic nitrogens is 2. The minimum atomic E-state index is -4.49. The van der Waals surface area contributed by atoms with Crippen molar-refractivity contribution < 1.29 is 18.3 Å². The fourth-order valence-electron chi connectivity index (χ4n) is 5.16. The van der Waals surface area contributed by atoms with E-state index in [1.54, 1.807) is 18.3 Å². The van der Waals surface area contributed by atoms with Crippen molar-refractivity contribution >= 4 is 16.5 Å². The maximum atomic E-state index is 13.7. The van der Waals surface area contributed by atoms with Crippen LogP contribution in [-0.2, 0) is 6.42 Å². The summed E-state index contributed by atoms with van der Waals surface area (Å²) >= 11 is 0. The van der Waals surface area contributed by atoms with E-state index in [1.165, 1.54) is 0 Å². The van der Waals surface area contributed by atoms with E-state index in [-0.39, 0.29) is 5.92 Å². The number of benzene rings is 1. The number of fused-ring (bicyclic) bond motifs is 5. The number of aliphatic hydroxyl groups excluding tert-OH is 1. The number of hydrogen-bond donors (Lipinski definition) is 2. The van der Waals surface area contributed by atoms with Gasteiger partial charge in [0, 0.05) is 10.8 Å². The van der Waals surface area contributed by atoms with Crippen LogP contribution in [0.3, 0.4) is 0 Å². The molecule has 1 heterocycles. The molecule has 3 aliphatic rings. The van der Waals surface area contributed by atoms with E-state index >= 15 is 0 Å². The first-order valence-corrected chi connectivity index (χ1v) is 7.86. The molecule has 1 aromatic carbocycles. The van der Waals surface area contributed by atoms with Crippen LogP contribution in [0.15, 0.2) is 23.9 Å². The predicted octanol–water partition coefficient (Wildman–Crippen LogP) is 3.60. The van der Waals surface area contributed by atoms with E-state index < -0.39 is 23.3 Å². The molecule has 0 amide bonds. The van der Waals surface area contributed by atoms with E-state index in [9.17, 15) is 18.3 Å². The SMILES string of the molecule is O[C@H]1C(C(F)(F)F)=C2c3ccc4[nH]ncc4c3C[C@@]23CCC1C3. The average Bonchev–Trinajstić information content (AvgIpc) is 3.15. The molecule has 0 radical (unpaired) electrons. The molecule has 5 rings (SSSR count). The Labute approximate surface area is 130 Å². The molecule has 2 aromatic rings. The van der Waals surface area contributed by atoms with Crippen LogP contribution in [0.25, 0.3) is 16.5 Å². The van der Waals surface area contributed by atoms with Crippen LogP contribution in [0.2, 0.25) is 0 Å². The summed E-state index contributed by atoms with van der Waals surface area (Å²) in [6.07, 6.45) is -1.54. The predicted molar refractivity (Wildman–Crippen MR) is 78.6 cm³/mol. The summed E-state index contributed by atoms with van der Waals surface area (Å²) in [5, 5.41) is 18.1. The molecule has 0 saturated heterocycles. The van der Waals surface area contributed by atoms with Crippen LogP contribution in [0, 0.1) is 11.3 Å². The van der Waals surface area contributed by atoms with Gasteiger partial charge in [-0.3, -0.25) is 5.10 Å². The number of rotatable bonds is 0. The smallest absolute Gasteiger partial charge is 0.388 e. The van der Waals surface area contributed by atoms with Crippen molar-refractivity contribution in [1.29, 1.82) is 0 Å². The molecular weight excluding hydrogens is 305 g/mol. The Morgan fingerprint density at radius 1 is 1.30 bits per heavy atom. The Bertz CT molecular complexity index is 866. The minimum absolute atomic E-state index is 0.274. The molecule has 23 heavy (non-hydrogen) atoms. The number of allylic oxidation sites excluding steroid dienone is 1. The van der Waals surface area contributed by atoms with Crippen LogP contribution < -0.4 is 0 Å². The lowest BCUT2D eigenvalue weighted by Crippen LogP contribution is -2.37. The highest BCUT2D eigenvalue weighted by atomic mass is 19.4. The van der Waals surface area contributed by atoms with Crippen molar-refractivity contribution in [2.24, 2.45) is 11.3 Å². The van der Waals surface area contributed by atoms with E-state index in [1.807, 2.05) is 0 Å². The quantitative estimate of drug-likeness (QED) is 0.779. The summed E-state index contributed by atoms with van der Waals surface area (Å²) in [6.45, 7) is 0. The van der Waals surface area contributed by atoms with Gasteiger partial charge in [-0.1, -0.05) is 6.07 Å². The Kier molecular flexibility index (Phi) is 2.35. The number of H-pyrrole nitrogens is 1. The van der Waals surface area contributed by atoms with Crippen molar-refractivity contribution in [2.45, 2.75) is 38.0 Å². The second-order valence-electron chi connectivity index (χ2n) is 7.11. The first-order chi connectivity index (χ1) is 10.9. The molecule has 3 atom stereocenters. The van der Waals surface area contributed by atoms with Crippen molar-refractivity contribution in [3.8, 4) is 0 Å². The summed E-state index contributed by atoms with van der Waals surface area (Å²) in [7, 11) is 0. The van der Waals surface area contributed by atoms with Crippen LogP contribution in [-0.4, -0.2) is 27.6 Å². The Morgan fingerprint density at radius 3 is 2.91 bits per heavy atom. The number of alkyl halides is 3. The van der Waals surface area contributed by atoms with Gasteiger partial charge >= 0.3 is 6.18 Å². The van der Waals surface area contributed by atoms with Gasteiger partial charge in [0.15, 0.2) is 0 Å². The van der Waals surface area contributed by atoms with Crippen LogP contribution in [0.4, 0.5) is 13.2 Å². The van der Waals surface area contributed by atoms with Crippen LogP contribution >= 0.6 is 0 Å². The maximum absolute atomic E-state index is 13.7. The third kappa shape index (κ3) is 1.57. The van der Waals surface area contributed by atoms with E-state index in [4.69, 9.17) is 0 Å². The highest BCUT2D eigenvalue weighted by Crippen LogP contribution is 2.65. The van der Waals surface area contributed by atoms with E-state index in [2.05, 4.69) is 10.2 Å². The third-order valence-corrected chi connectivity index (χ3v) is 6.01. The highest BCUT2D eigenvalue weighted by molar-refractivity contribution is 5.93. The second-order valence-corrected chi connectivity index (χ2v) is 7.11. The molecule has 1 unspecified atom stereocenters. The average molecular weight is 320 g/mol. The van der Waals surface area contributed by atoms with Crippen molar-refractivity contribution in [3.63, 3.8) is 0 Å². The molecule has 2 bridgehead atoms. The summed E-state index contributed by atoms with van der Waals surface area (Å²) in [5.74, 6) is -0.274. The highest BCUT2D eigenvalue weighted by Gasteiger charge is 2.59. The largest absolute Gasteiger partial charge is 0.415 e. The number of aliphatic hydroxyl groups is 1. The van der Waals surface area contributed by atoms with Crippen molar-refractivity contribution in [3.05, 3.63) is 35.0 Å². The zero-order valence-electron chi connectivity index (χ0n) is 12.2. The first kappa shape index (κ1) is 13.6. The maximum Gasteiger partial charge on any atom is 0.415 e. The molecule has 1 spiro atoms. The summed E-state index contributed by atoms with van der Waals surface area (Å²) < 4.78 is 41.1. The monoisotopic (exact) mass is 320 g/mol. The Hall–Kier alpha value is -1.82. The fraction of sp³-hybridized carbons (Fsp3) is 0.471. The first-order valence-electron chi connectivity index (χ1n) is 7.86. The van der Waals surface area contributed by atoms with Gasteiger partial charge in [0.05, 0.1) is 23.4 Å². The number of aromatic amines is 1. The van der Waals surface area contributed by atoms with Gasteiger partial charge in [-0.05, 0) is 54.4 Å². The number of nitrogens with one attached hydrogen (secondary N) is 1. The van der Waals surface area contributed by atoms with Gasteiger partial charge in [-0.25, -0.2) is 0 Å². The minimum Gasteiger partial charge on any atom is -0.388 e. The molecule has 1 fully saturated rings. The van der Waals surface area contributed by atoms with Crippen LogP contribution in [0.5, 0.6) is 0 Å². The Morgan fingerprint density at radius 2 is 2.13 bits per heavy atom. The molecule has 0 aliphatic heterocycles. The lowest BCUT2D eigenvalue weighted by atomic mass is 9.70. The molecule has 120 valence electrons. The topological polar surface area (TPSA) is 48.9 Å². The molecule has 3 aliphatic carbocycles. The van der Waals surface area contributed by atoms with Crippen LogP contribution in [0.1, 0.15) is 30.4 Å². The van der Waals surface area contributed by atoms with Gasteiger partial charge in [-0.2, -0.15) is 18.3 Å². The van der Waals surface area contributed by atoms with E-state index in [0.29, 0.717) is 30.4 Å². The fourth-order valence-corrected chi connectivity index (χ4v) is 5.16.